The number of aryl methyl sites for hydroxylation is 1. The van der Waals surface area contributed by atoms with E-state index in [2.05, 4.69) is 29.4 Å². The fraction of sp³-hybridized carbons (Fsp3) is 0.667. The van der Waals surface area contributed by atoms with Crippen LogP contribution in [0.3, 0.4) is 0 Å². The van der Waals surface area contributed by atoms with Gasteiger partial charge in [-0.3, -0.25) is 4.99 Å². The molecule has 5 nitrogen and oxygen atoms in total. The third-order valence-corrected chi connectivity index (χ3v) is 7.80. The summed E-state index contributed by atoms with van der Waals surface area (Å²) < 4.78 is 23.4. The molecule has 0 aromatic carbocycles. The number of aliphatic imine (C=N–C) groups is 1. The number of thiophene rings is 1. The largest absolute Gasteiger partial charge is 0.351 e. The molecule has 1 aromatic heterocycles. The van der Waals surface area contributed by atoms with Crippen molar-refractivity contribution in [1.29, 1.82) is 0 Å². The van der Waals surface area contributed by atoms with E-state index in [-0.39, 0.29) is 29.7 Å². The standard InChI is InChI=1S/C15H25N3O2S2.HI/c1-5-12-6-7-13(21-12)10-17-14(16-4)18-8-9-22(19,20)15(2,3)11-18;/h6-7H,5,8-11H2,1-4H3,(H,16,17);1H. The minimum atomic E-state index is -3.03. The first-order chi connectivity index (χ1) is 10.3. The van der Waals surface area contributed by atoms with Crippen LogP contribution in [0.5, 0.6) is 0 Å². The molecule has 1 aliphatic heterocycles. The average Bonchev–Trinajstić information content (AvgIpc) is 2.91. The van der Waals surface area contributed by atoms with Gasteiger partial charge in [0, 0.05) is 29.9 Å². The van der Waals surface area contributed by atoms with Crippen LogP contribution in [0, 0.1) is 0 Å². The zero-order valence-corrected chi connectivity index (χ0v) is 18.1. The van der Waals surface area contributed by atoms with E-state index >= 15 is 0 Å². The van der Waals surface area contributed by atoms with Crippen molar-refractivity contribution >= 4 is 51.1 Å². The first kappa shape index (κ1) is 20.7. The lowest BCUT2D eigenvalue weighted by atomic mass is 10.2. The molecule has 0 atom stereocenters. The maximum absolute atomic E-state index is 12.1. The molecule has 0 aliphatic carbocycles. The minimum Gasteiger partial charge on any atom is -0.351 e. The van der Waals surface area contributed by atoms with Crippen LogP contribution in [0.25, 0.3) is 0 Å². The van der Waals surface area contributed by atoms with Gasteiger partial charge in [0.15, 0.2) is 15.8 Å². The van der Waals surface area contributed by atoms with E-state index in [1.165, 1.54) is 9.75 Å². The van der Waals surface area contributed by atoms with E-state index in [9.17, 15) is 8.42 Å². The SMILES string of the molecule is CCc1ccc(CNC(=NC)N2CCS(=O)(=O)C(C)(C)C2)s1.I. The lowest BCUT2D eigenvalue weighted by Gasteiger charge is -2.39. The Morgan fingerprint density at radius 2 is 2.04 bits per heavy atom. The van der Waals surface area contributed by atoms with Gasteiger partial charge in [-0.1, -0.05) is 6.92 Å². The van der Waals surface area contributed by atoms with Crippen molar-refractivity contribution in [3.63, 3.8) is 0 Å². The predicted octanol–water partition coefficient (Wildman–Crippen LogP) is 2.51. The minimum absolute atomic E-state index is 0. The summed E-state index contributed by atoms with van der Waals surface area (Å²) in [5.74, 6) is 0.953. The highest BCUT2D eigenvalue weighted by atomic mass is 127. The normalized spacial score (nSPS) is 20.0. The lowest BCUT2D eigenvalue weighted by Crippen LogP contribution is -2.57. The molecule has 1 aromatic rings. The summed E-state index contributed by atoms with van der Waals surface area (Å²) in [5.41, 5.74) is 0. The second kappa shape index (κ2) is 8.15. The van der Waals surface area contributed by atoms with Crippen molar-refractivity contribution in [2.24, 2.45) is 4.99 Å². The van der Waals surface area contributed by atoms with E-state index in [4.69, 9.17) is 0 Å². The van der Waals surface area contributed by atoms with Crippen molar-refractivity contribution in [3.8, 4) is 0 Å². The number of guanidine groups is 1. The van der Waals surface area contributed by atoms with E-state index in [0.717, 1.165) is 18.9 Å². The molecule has 23 heavy (non-hydrogen) atoms. The molecule has 1 saturated heterocycles. The number of hydrogen-bond donors (Lipinski definition) is 1. The molecule has 1 fully saturated rings. The monoisotopic (exact) mass is 471 g/mol. The van der Waals surface area contributed by atoms with Crippen molar-refractivity contribution in [2.45, 2.75) is 38.5 Å². The maximum atomic E-state index is 12.1. The van der Waals surface area contributed by atoms with Crippen molar-refractivity contribution in [3.05, 3.63) is 21.9 Å². The van der Waals surface area contributed by atoms with Crippen molar-refractivity contribution < 1.29 is 8.42 Å². The van der Waals surface area contributed by atoms with Crippen molar-refractivity contribution in [2.75, 3.05) is 25.9 Å². The van der Waals surface area contributed by atoms with Crippen LogP contribution in [0.4, 0.5) is 0 Å². The molecule has 1 N–H and O–H groups in total. The van der Waals surface area contributed by atoms with E-state index < -0.39 is 14.6 Å². The molecular weight excluding hydrogens is 445 g/mol. The molecule has 0 amide bonds. The molecule has 0 saturated carbocycles. The zero-order chi connectivity index (χ0) is 16.4. The van der Waals surface area contributed by atoms with Crippen LogP contribution in [-0.4, -0.2) is 49.9 Å². The Bertz CT molecular complexity index is 653. The van der Waals surface area contributed by atoms with E-state index in [0.29, 0.717) is 13.1 Å². The number of sulfone groups is 1. The molecule has 132 valence electrons. The first-order valence-corrected chi connectivity index (χ1v) is 10.0. The quantitative estimate of drug-likeness (QED) is 0.418. The van der Waals surface area contributed by atoms with Crippen LogP contribution in [0.2, 0.25) is 0 Å². The summed E-state index contributed by atoms with van der Waals surface area (Å²) in [5, 5.41) is 3.35. The Balaban J connectivity index is 0.00000264. The molecule has 0 spiro atoms. The summed E-state index contributed by atoms with van der Waals surface area (Å²) in [6.45, 7) is 7.41. The Kier molecular flexibility index (Phi) is 7.34. The van der Waals surface area contributed by atoms with Crippen LogP contribution < -0.4 is 5.32 Å². The van der Waals surface area contributed by atoms with E-state index in [1.807, 2.05) is 4.90 Å². The summed E-state index contributed by atoms with van der Waals surface area (Å²) in [6.07, 6.45) is 1.05. The van der Waals surface area contributed by atoms with Gasteiger partial charge in [-0.05, 0) is 32.4 Å². The molecule has 0 radical (unpaired) electrons. The number of halogens is 1. The van der Waals surface area contributed by atoms with Crippen LogP contribution in [0.15, 0.2) is 17.1 Å². The molecule has 8 heteroatoms. The third-order valence-electron chi connectivity index (χ3n) is 4.04. The zero-order valence-electron chi connectivity index (χ0n) is 14.1. The van der Waals surface area contributed by atoms with Gasteiger partial charge >= 0.3 is 0 Å². The number of nitrogens with zero attached hydrogens (tertiary/aromatic N) is 2. The van der Waals surface area contributed by atoms with Gasteiger partial charge < -0.3 is 10.2 Å². The number of nitrogens with one attached hydrogen (secondary N) is 1. The molecule has 0 unspecified atom stereocenters. The summed E-state index contributed by atoms with van der Waals surface area (Å²) in [6, 6.07) is 4.29. The fourth-order valence-electron chi connectivity index (χ4n) is 2.53. The van der Waals surface area contributed by atoms with Gasteiger partial charge in [0.05, 0.1) is 17.0 Å². The third kappa shape index (κ3) is 4.82. The van der Waals surface area contributed by atoms with Gasteiger partial charge in [-0.15, -0.1) is 35.3 Å². The van der Waals surface area contributed by atoms with E-state index in [1.54, 1.807) is 32.2 Å². The number of hydrogen-bond acceptors (Lipinski definition) is 4. The number of rotatable bonds is 3. The Hall–Kier alpha value is -0.350. The molecule has 2 rings (SSSR count). The molecule has 2 heterocycles. The highest BCUT2D eigenvalue weighted by molar-refractivity contribution is 14.0. The maximum Gasteiger partial charge on any atom is 0.194 e. The fourth-order valence-corrected chi connectivity index (χ4v) is 4.79. The molecular formula is C15H26IN3O2S2. The Morgan fingerprint density at radius 3 is 2.57 bits per heavy atom. The van der Waals surface area contributed by atoms with Gasteiger partial charge in [0.1, 0.15) is 0 Å². The molecule has 1 aliphatic rings. The summed E-state index contributed by atoms with van der Waals surface area (Å²) >= 11 is 1.80. The highest BCUT2D eigenvalue weighted by Crippen LogP contribution is 2.24. The Labute approximate surface area is 160 Å². The summed E-state index contributed by atoms with van der Waals surface area (Å²) in [4.78, 5) is 8.98. The Morgan fingerprint density at radius 1 is 1.39 bits per heavy atom. The van der Waals surface area contributed by atoms with Crippen molar-refractivity contribution in [1.82, 2.24) is 10.2 Å². The molecule has 0 bridgehead atoms. The first-order valence-electron chi connectivity index (χ1n) is 7.54. The van der Waals surface area contributed by atoms with Gasteiger partial charge in [0.25, 0.3) is 0 Å². The second-order valence-corrected chi connectivity index (χ2v) is 10.1. The smallest absolute Gasteiger partial charge is 0.194 e. The predicted molar refractivity (Wildman–Crippen MR) is 109 cm³/mol. The van der Waals surface area contributed by atoms with Crippen LogP contribution in [0.1, 0.15) is 30.5 Å². The topological polar surface area (TPSA) is 61.8 Å². The summed E-state index contributed by atoms with van der Waals surface area (Å²) in [7, 11) is -1.28. The van der Waals surface area contributed by atoms with Crippen LogP contribution in [-0.2, 0) is 22.8 Å². The second-order valence-electron chi connectivity index (χ2n) is 6.12. The van der Waals surface area contributed by atoms with Gasteiger partial charge in [-0.2, -0.15) is 0 Å². The van der Waals surface area contributed by atoms with Gasteiger partial charge in [-0.25, -0.2) is 8.42 Å². The van der Waals surface area contributed by atoms with Gasteiger partial charge in [0.2, 0.25) is 0 Å². The van der Waals surface area contributed by atoms with Crippen LogP contribution >= 0.6 is 35.3 Å². The average molecular weight is 471 g/mol. The lowest BCUT2D eigenvalue weighted by molar-refractivity contribution is 0.353. The highest BCUT2D eigenvalue weighted by Gasteiger charge is 2.40.